The van der Waals surface area contributed by atoms with Gasteiger partial charge in [-0.2, -0.15) is 13.2 Å². The van der Waals surface area contributed by atoms with Gasteiger partial charge in [0.15, 0.2) is 0 Å². The van der Waals surface area contributed by atoms with Gasteiger partial charge < -0.3 is 15.4 Å². The largest absolute Gasteiger partial charge is 0.445 e. The number of hydrogen-bond acceptors (Lipinski definition) is 3. The second kappa shape index (κ2) is 7.89. The first kappa shape index (κ1) is 20.1. The second-order valence-corrected chi connectivity index (χ2v) is 8.36. The smallest absolute Gasteiger partial charge is 0.416 e. The van der Waals surface area contributed by atoms with Gasteiger partial charge in [-0.1, -0.05) is 30.3 Å². The van der Waals surface area contributed by atoms with Crippen molar-refractivity contribution in [3.8, 4) is 0 Å². The van der Waals surface area contributed by atoms with Gasteiger partial charge in [-0.25, -0.2) is 4.79 Å². The fourth-order valence-electron chi connectivity index (χ4n) is 3.70. The molecule has 0 saturated heterocycles. The number of fused-ring (bicyclic) bond motifs is 1. The molecule has 1 aliphatic heterocycles. The second-order valence-electron chi connectivity index (χ2n) is 7.50. The van der Waals surface area contributed by atoms with Crippen LogP contribution in [0.5, 0.6) is 0 Å². The first-order valence-electron chi connectivity index (χ1n) is 9.45. The monoisotopic (exact) mass is 468 g/mol. The number of ether oxygens (including phenoxy) is 1. The summed E-state index contributed by atoms with van der Waals surface area (Å²) in [4.78, 5) is 12.4. The van der Waals surface area contributed by atoms with Gasteiger partial charge in [0.05, 0.1) is 17.3 Å². The zero-order chi connectivity index (χ0) is 20.6. The van der Waals surface area contributed by atoms with E-state index in [9.17, 15) is 18.0 Å². The fraction of sp³-hybridized carbons (Fsp3) is 0.381. The Morgan fingerprint density at radius 2 is 1.93 bits per heavy atom. The molecule has 1 fully saturated rings. The third-order valence-corrected chi connectivity index (χ3v) is 5.96. The molecule has 0 aromatic heterocycles. The summed E-state index contributed by atoms with van der Waals surface area (Å²) in [5.41, 5.74) is 1.11. The van der Waals surface area contributed by atoms with Crippen molar-refractivity contribution in [2.75, 3.05) is 5.32 Å². The molecule has 0 spiro atoms. The maximum Gasteiger partial charge on any atom is 0.416 e. The van der Waals surface area contributed by atoms with E-state index in [1.54, 1.807) is 0 Å². The summed E-state index contributed by atoms with van der Waals surface area (Å²) in [5, 5.41) is 6.14. The molecule has 0 unspecified atom stereocenters. The number of alkyl carbamates (subject to hydrolysis) is 1. The van der Waals surface area contributed by atoms with Crippen molar-refractivity contribution in [1.29, 1.82) is 0 Å². The van der Waals surface area contributed by atoms with E-state index in [0.29, 0.717) is 28.1 Å². The minimum absolute atomic E-state index is 0.100. The summed E-state index contributed by atoms with van der Waals surface area (Å²) in [6.45, 7) is 0.100. The molecular weight excluding hydrogens is 449 g/mol. The summed E-state index contributed by atoms with van der Waals surface area (Å²) in [5.74, 6) is 0.474. The number of hydrogen-bond donors (Lipinski definition) is 2. The van der Waals surface area contributed by atoms with Crippen LogP contribution in [0.3, 0.4) is 0 Å². The molecule has 2 aromatic rings. The van der Waals surface area contributed by atoms with Crippen LogP contribution in [0.25, 0.3) is 0 Å². The highest BCUT2D eigenvalue weighted by molar-refractivity contribution is 9.10. The Kier molecular flexibility index (Phi) is 5.46. The fourth-order valence-corrected chi connectivity index (χ4v) is 4.29. The average Bonchev–Trinajstić information content (AvgIpc) is 3.52. The molecule has 2 atom stereocenters. The number of benzene rings is 2. The topological polar surface area (TPSA) is 50.4 Å². The molecule has 1 aliphatic carbocycles. The zero-order valence-electron chi connectivity index (χ0n) is 15.4. The van der Waals surface area contributed by atoms with Crippen molar-refractivity contribution >= 4 is 27.7 Å². The molecule has 2 aromatic carbocycles. The Hall–Kier alpha value is -2.22. The molecular formula is C21H20BrF3N2O2. The van der Waals surface area contributed by atoms with Crippen LogP contribution in [0, 0.1) is 5.92 Å². The summed E-state index contributed by atoms with van der Waals surface area (Å²) >= 11 is 3.27. The van der Waals surface area contributed by atoms with E-state index < -0.39 is 23.9 Å². The van der Waals surface area contributed by atoms with Crippen molar-refractivity contribution in [2.24, 2.45) is 5.92 Å². The van der Waals surface area contributed by atoms with Crippen molar-refractivity contribution in [3.63, 3.8) is 0 Å². The molecule has 1 saturated carbocycles. The van der Waals surface area contributed by atoms with E-state index >= 15 is 0 Å². The molecule has 0 bridgehead atoms. The van der Waals surface area contributed by atoms with Crippen LogP contribution in [0.15, 0.2) is 46.9 Å². The SMILES string of the molecule is O=C(N[C@@H]1C[C@H](C2CC2)Nc2c(Br)cc(C(F)(F)F)cc21)OCc1ccccc1. The number of halogens is 4. The average molecular weight is 469 g/mol. The third kappa shape index (κ3) is 4.69. The van der Waals surface area contributed by atoms with Gasteiger partial charge in [-0.3, -0.25) is 0 Å². The van der Waals surface area contributed by atoms with Crippen LogP contribution in [0.4, 0.5) is 23.7 Å². The van der Waals surface area contributed by atoms with E-state index in [1.165, 1.54) is 0 Å². The van der Waals surface area contributed by atoms with Crippen LogP contribution in [-0.4, -0.2) is 12.1 Å². The molecule has 29 heavy (non-hydrogen) atoms. The van der Waals surface area contributed by atoms with Gasteiger partial charge in [-0.05, 0) is 64.4 Å². The van der Waals surface area contributed by atoms with Gasteiger partial charge in [-0.15, -0.1) is 0 Å². The number of anilines is 1. The van der Waals surface area contributed by atoms with E-state index in [1.807, 2.05) is 30.3 Å². The normalized spacial score (nSPS) is 21.1. The number of carbonyl (C=O) groups is 1. The number of alkyl halides is 3. The van der Waals surface area contributed by atoms with Crippen LogP contribution >= 0.6 is 15.9 Å². The van der Waals surface area contributed by atoms with Crippen molar-refractivity contribution in [1.82, 2.24) is 5.32 Å². The van der Waals surface area contributed by atoms with Gasteiger partial charge in [0.1, 0.15) is 6.61 Å². The highest BCUT2D eigenvalue weighted by Gasteiger charge is 2.40. The molecule has 8 heteroatoms. The van der Waals surface area contributed by atoms with Gasteiger partial charge >= 0.3 is 12.3 Å². The molecule has 0 radical (unpaired) electrons. The lowest BCUT2D eigenvalue weighted by molar-refractivity contribution is -0.137. The molecule has 1 heterocycles. The lowest BCUT2D eigenvalue weighted by Crippen LogP contribution is -2.39. The molecule has 4 rings (SSSR count). The van der Waals surface area contributed by atoms with E-state index in [0.717, 1.165) is 30.5 Å². The van der Waals surface area contributed by atoms with Crippen LogP contribution < -0.4 is 10.6 Å². The molecule has 4 nitrogen and oxygen atoms in total. The first-order valence-corrected chi connectivity index (χ1v) is 10.2. The van der Waals surface area contributed by atoms with Crippen LogP contribution in [0.2, 0.25) is 0 Å². The molecule has 154 valence electrons. The maximum atomic E-state index is 13.3. The molecule has 1 amide bonds. The predicted molar refractivity (Wildman–Crippen MR) is 106 cm³/mol. The molecule has 2 N–H and O–H groups in total. The van der Waals surface area contributed by atoms with Crippen molar-refractivity contribution < 1.29 is 22.7 Å². The minimum Gasteiger partial charge on any atom is -0.445 e. The lowest BCUT2D eigenvalue weighted by Gasteiger charge is -2.35. The Labute approximate surface area is 175 Å². The predicted octanol–water partition coefficient (Wildman–Crippen LogP) is 6.03. The zero-order valence-corrected chi connectivity index (χ0v) is 17.0. The van der Waals surface area contributed by atoms with Gasteiger partial charge in [0.2, 0.25) is 0 Å². The van der Waals surface area contributed by atoms with Crippen LogP contribution in [0.1, 0.15) is 42.0 Å². The maximum absolute atomic E-state index is 13.3. The quantitative estimate of drug-likeness (QED) is 0.575. The summed E-state index contributed by atoms with van der Waals surface area (Å²) in [6, 6.07) is 11.0. The van der Waals surface area contributed by atoms with Crippen molar-refractivity contribution in [2.45, 2.75) is 44.1 Å². The first-order chi connectivity index (χ1) is 13.8. The number of amides is 1. The number of carbonyl (C=O) groups excluding carboxylic acids is 1. The van der Waals surface area contributed by atoms with E-state index in [2.05, 4.69) is 26.6 Å². The summed E-state index contributed by atoms with van der Waals surface area (Å²) in [7, 11) is 0. The summed E-state index contributed by atoms with van der Waals surface area (Å²) < 4.78 is 45.5. The Morgan fingerprint density at radius 1 is 1.21 bits per heavy atom. The lowest BCUT2D eigenvalue weighted by atomic mass is 9.89. The Balaban J connectivity index is 1.55. The van der Waals surface area contributed by atoms with Gasteiger partial charge in [0.25, 0.3) is 0 Å². The third-order valence-electron chi connectivity index (χ3n) is 5.34. The van der Waals surface area contributed by atoms with E-state index in [-0.39, 0.29) is 12.6 Å². The standard InChI is InChI=1S/C21H20BrF3N2O2/c22-16-9-14(21(23,24)25)8-15-18(10-17(13-6-7-13)26-19(15)16)27-20(28)29-11-12-4-2-1-3-5-12/h1-5,8-9,13,17-18,26H,6-7,10-11H2,(H,27,28)/t17-,18-/m1/s1. The summed E-state index contributed by atoms with van der Waals surface area (Å²) in [6.07, 6.45) is -2.43. The number of rotatable bonds is 4. The molecule has 2 aliphatic rings. The minimum atomic E-state index is -4.47. The Bertz CT molecular complexity index is 901. The van der Waals surface area contributed by atoms with Gasteiger partial charge in [0, 0.05) is 10.5 Å². The van der Waals surface area contributed by atoms with Crippen LogP contribution in [-0.2, 0) is 17.5 Å². The Morgan fingerprint density at radius 3 is 2.59 bits per heavy atom. The highest BCUT2D eigenvalue weighted by Crippen LogP contribution is 2.46. The number of nitrogens with one attached hydrogen (secondary N) is 2. The van der Waals surface area contributed by atoms with Crippen molar-refractivity contribution in [3.05, 3.63) is 63.6 Å². The van der Waals surface area contributed by atoms with E-state index in [4.69, 9.17) is 4.74 Å². The highest BCUT2D eigenvalue weighted by atomic mass is 79.9.